The Hall–Kier alpha value is -3.08. The Morgan fingerprint density at radius 3 is 2.32 bits per heavy atom. The van der Waals surface area contributed by atoms with Crippen LogP contribution in [0.4, 0.5) is 5.69 Å². The molecule has 0 bridgehead atoms. The van der Waals surface area contributed by atoms with Crippen molar-refractivity contribution >= 4 is 28.4 Å². The first-order valence-electron chi connectivity index (χ1n) is 6.77. The maximum Gasteiger partial charge on any atom is 0.275 e. The van der Waals surface area contributed by atoms with Crippen LogP contribution in [0.1, 0.15) is 27.8 Å². The lowest BCUT2D eigenvalue weighted by atomic mass is 10.1. The van der Waals surface area contributed by atoms with Crippen LogP contribution in [0.5, 0.6) is 0 Å². The van der Waals surface area contributed by atoms with E-state index in [1.807, 2.05) is 18.2 Å². The third-order valence-corrected chi connectivity index (χ3v) is 3.23. The van der Waals surface area contributed by atoms with Gasteiger partial charge in [-0.15, -0.1) is 0 Å². The van der Waals surface area contributed by atoms with Gasteiger partial charge in [-0.2, -0.15) is 0 Å². The Morgan fingerprint density at radius 1 is 0.955 bits per heavy atom. The zero-order valence-electron chi connectivity index (χ0n) is 11.9. The molecule has 3 aromatic rings. The van der Waals surface area contributed by atoms with Crippen LogP contribution in [0.15, 0.2) is 54.7 Å². The van der Waals surface area contributed by atoms with E-state index in [0.29, 0.717) is 16.8 Å². The van der Waals surface area contributed by atoms with E-state index in [9.17, 15) is 9.59 Å². The summed E-state index contributed by atoms with van der Waals surface area (Å²) in [5, 5.41) is 2.74. The number of benzene rings is 2. The average Bonchev–Trinajstić information content (AvgIpc) is 2.55. The average molecular weight is 291 g/mol. The van der Waals surface area contributed by atoms with Crippen molar-refractivity contribution in [2.75, 3.05) is 5.32 Å². The van der Waals surface area contributed by atoms with Crippen molar-refractivity contribution in [3.8, 4) is 0 Å². The van der Waals surface area contributed by atoms with E-state index in [1.165, 1.54) is 13.1 Å². The lowest BCUT2D eigenvalue weighted by molar-refractivity contribution is 0.101. The van der Waals surface area contributed by atoms with Crippen molar-refractivity contribution in [1.82, 2.24) is 9.97 Å². The first kappa shape index (κ1) is 13.9. The van der Waals surface area contributed by atoms with Gasteiger partial charge in [0.15, 0.2) is 5.78 Å². The highest BCUT2D eigenvalue weighted by atomic mass is 16.2. The Kier molecular flexibility index (Phi) is 3.62. The van der Waals surface area contributed by atoms with Gasteiger partial charge in [-0.3, -0.25) is 14.6 Å². The number of hydrogen-bond donors (Lipinski definition) is 1. The standard InChI is InChI=1S/C17H13N3O2/c1-11(21)12-6-8-13(9-7-12)19-17(22)16-10-18-14-4-2-3-5-15(14)20-16/h2-10H,1H3,(H,19,22). The molecule has 1 aromatic heterocycles. The van der Waals surface area contributed by atoms with Crippen LogP contribution in [0.2, 0.25) is 0 Å². The summed E-state index contributed by atoms with van der Waals surface area (Å²) in [4.78, 5) is 31.9. The highest BCUT2D eigenvalue weighted by Crippen LogP contribution is 2.13. The number of ketones is 1. The zero-order valence-corrected chi connectivity index (χ0v) is 11.9. The van der Waals surface area contributed by atoms with E-state index in [-0.39, 0.29) is 17.4 Å². The minimum absolute atomic E-state index is 0.0155. The van der Waals surface area contributed by atoms with Crippen molar-refractivity contribution < 1.29 is 9.59 Å². The maximum atomic E-state index is 12.2. The van der Waals surface area contributed by atoms with Crippen molar-refractivity contribution in [3.63, 3.8) is 0 Å². The molecule has 5 nitrogen and oxygen atoms in total. The topological polar surface area (TPSA) is 72.0 Å². The van der Waals surface area contributed by atoms with Gasteiger partial charge in [-0.1, -0.05) is 12.1 Å². The molecular weight excluding hydrogens is 278 g/mol. The monoisotopic (exact) mass is 291 g/mol. The Balaban J connectivity index is 1.81. The second kappa shape index (κ2) is 5.73. The number of carbonyl (C=O) groups is 2. The van der Waals surface area contributed by atoms with Crippen LogP contribution in [0.25, 0.3) is 11.0 Å². The summed E-state index contributed by atoms with van der Waals surface area (Å²) in [6, 6.07) is 14.1. The van der Waals surface area contributed by atoms with Gasteiger partial charge in [-0.05, 0) is 43.3 Å². The fourth-order valence-electron chi connectivity index (χ4n) is 2.05. The van der Waals surface area contributed by atoms with Gasteiger partial charge in [0.05, 0.1) is 17.2 Å². The Labute approximate surface area is 127 Å². The molecule has 0 saturated heterocycles. The number of carbonyl (C=O) groups excluding carboxylic acids is 2. The summed E-state index contributed by atoms with van der Waals surface area (Å²) in [6.45, 7) is 1.50. The molecule has 0 unspecified atom stereocenters. The highest BCUT2D eigenvalue weighted by Gasteiger charge is 2.09. The predicted octanol–water partition coefficient (Wildman–Crippen LogP) is 3.08. The van der Waals surface area contributed by atoms with E-state index in [1.54, 1.807) is 30.3 Å². The van der Waals surface area contributed by atoms with Crippen molar-refractivity contribution in [1.29, 1.82) is 0 Å². The highest BCUT2D eigenvalue weighted by molar-refractivity contribution is 6.03. The molecular formula is C17H13N3O2. The SMILES string of the molecule is CC(=O)c1ccc(NC(=O)c2cnc3ccccc3n2)cc1. The molecule has 0 aliphatic heterocycles. The van der Waals surface area contributed by atoms with E-state index < -0.39 is 0 Å². The maximum absolute atomic E-state index is 12.2. The van der Waals surface area contributed by atoms with Crippen LogP contribution >= 0.6 is 0 Å². The van der Waals surface area contributed by atoms with Crippen LogP contribution < -0.4 is 5.32 Å². The van der Waals surface area contributed by atoms with E-state index in [2.05, 4.69) is 15.3 Å². The largest absolute Gasteiger partial charge is 0.321 e. The number of anilines is 1. The van der Waals surface area contributed by atoms with Crippen LogP contribution in [-0.4, -0.2) is 21.7 Å². The van der Waals surface area contributed by atoms with Gasteiger partial charge in [0.25, 0.3) is 5.91 Å². The van der Waals surface area contributed by atoms with E-state index >= 15 is 0 Å². The third kappa shape index (κ3) is 2.83. The summed E-state index contributed by atoms with van der Waals surface area (Å²) >= 11 is 0. The minimum Gasteiger partial charge on any atom is -0.321 e. The molecule has 5 heteroatoms. The van der Waals surface area contributed by atoms with Gasteiger partial charge in [0.1, 0.15) is 5.69 Å². The summed E-state index contributed by atoms with van der Waals surface area (Å²) in [5.41, 5.74) is 2.86. The molecule has 1 N–H and O–H groups in total. The molecule has 3 rings (SSSR count). The van der Waals surface area contributed by atoms with Crippen LogP contribution in [0.3, 0.4) is 0 Å². The van der Waals surface area contributed by atoms with E-state index in [0.717, 1.165) is 5.52 Å². The molecule has 2 aromatic carbocycles. The zero-order chi connectivity index (χ0) is 15.5. The number of Topliss-reactive ketones (excluding diaryl/α,β-unsaturated/α-hetero) is 1. The molecule has 108 valence electrons. The second-order valence-corrected chi connectivity index (χ2v) is 4.83. The van der Waals surface area contributed by atoms with Crippen molar-refractivity contribution in [2.24, 2.45) is 0 Å². The number of fused-ring (bicyclic) bond motifs is 1. The number of para-hydroxylation sites is 2. The number of nitrogens with one attached hydrogen (secondary N) is 1. The third-order valence-electron chi connectivity index (χ3n) is 3.23. The quantitative estimate of drug-likeness (QED) is 0.753. The molecule has 0 aliphatic rings. The Bertz CT molecular complexity index is 857. The van der Waals surface area contributed by atoms with Gasteiger partial charge >= 0.3 is 0 Å². The molecule has 1 heterocycles. The number of aromatic nitrogens is 2. The summed E-state index contributed by atoms with van der Waals surface area (Å²) < 4.78 is 0. The molecule has 0 aliphatic carbocycles. The molecule has 0 saturated carbocycles. The molecule has 22 heavy (non-hydrogen) atoms. The lowest BCUT2D eigenvalue weighted by Gasteiger charge is -2.06. The van der Waals surface area contributed by atoms with Crippen molar-refractivity contribution in [2.45, 2.75) is 6.92 Å². The molecule has 1 amide bonds. The van der Waals surface area contributed by atoms with Crippen LogP contribution in [0, 0.1) is 0 Å². The number of amides is 1. The van der Waals surface area contributed by atoms with E-state index in [4.69, 9.17) is 0 Å². The number of rotatable bonds is 3. The molecule has 0 atom stereocenters. The Morgan fingerprint density at radius 2 is 1.64 bits per heavy atom. The normalized spacial score (nSPS) is 10.4. The van der Waals surface area contributed by atoms with Gasteiger partial charge < -0.3 is 5.32 Å². The smallest absolute Gasteiger partial charge is 0.275 e. The summed E-state index contributed by atoms with van der Waals surface area (Å²) in [6.07, 6.45) is 1.45. The van der Waals surface area contributed by atoms with Crippen LogP contribution in [-0.2, 0) is 0 Å². The fourth-order valence-corrected chi connectivity index (χ4v) is 2.05. The number of nitrogens with zero attached hydrogens (tertiary/aromatic N) is 2. The fraction of sp³-hybridized carbons (Fsp3) is 0.0588. The summed E-state index contributed by atoms with van der Waals surface area (Å²) in [5.74, 6) is -0.355. The number of hydrogen-bond acceptors (Lipinski definition) is 4. The molecule has 0 fully saturated rings. The minimum atomic E-state index is -0.339. The molecule has 0 spiro atoms. The first-order chi connectivity index (χ1) is 10.6. The molecule has 0 radical (unpaired) electrons. The van der Waals surface area contributed by atoms with Gasteiger partial charge in [-0.25, -0.2) is 4.98 Å². The lowest BCUT2D eigenvalue weighted by Crippen LogP contribution is -2.14. The predicted molar refractivity (Wildman–Crippen MR) is 83.9 cm³/mol. The first-order valence-corrected chi connectivity index (χ1v) is 6.77. The van der Waals surface area contributed by atoms with Gasteiger partial charge in [0.2, 0.25) is 0 Å². The van der Waals surface area contributed by atoms with Crippen molar-refractivity contribution in [3.05, 3.63) is 66.0 Å². The van der Waals surface area contributed by atoms with Gasteiger partial charge in [0, 0.05) is 11.3 Å². The summed E-state index contributed by atoms with van der Waals surface area (Å²) in [7, 11) is 0. The second-order valence-electron chi connectivity index (χ2n) is 4.83.